The number of aromatic nitrogens is 2. The van der Waals surface area contributed by atoms with Gasteiger partial charge in [0.1, 0.15) is 11.4 Å². The van der Waals surface area contributed by atoms with Crippen LogP contribution in [0.25, 0.3) is 0 Å². The fourth-order valence-electron chi connectivity index (χ4n) is 3.55. The van der Waals surface area contributed by atoms with E-state index in [2.05, 4.69) is 10.2 Å². The van der Waals surface area contributed by atoms with Crippen molar-refractivity contribution in [1.82, 2.24) is 14.5 Å². The molecule has 26 heavy (non-hydrogen) atoms. The van der Waals surface area contributed by atoms with Crippen molar-refractivity contribution < 1.29 is 17.9 Å². The highest BCUT2D eigenvalue weighted by atomic mass is 32.2. The van der Waals surface area contributed by atoms with Crippen LogP contribution in [0.2, 0.25) is 0 Å². The van der Waals surface area contributed by atoms with Crippen LogP contribution < -0.4 is 10.5 Å². The Bertz CT molecular complexity index is 945. The van der Waals surface area contributed by atoms with Crippen LogP contribution in [0, 0.1) is 0 Å². The molecule has 0 bridgehead atoms. The van der Waals surface area contributed by atoms with Gasteiger partial charge in [0.05, 0.1) is 11.5 Å². The maximum absolute atomic E-state index is 12.9. The Morgan fingerprint density at radius 1 is 1.27 bits per heavy atom. The molecule has 0 radical (unpaired) electrons. The summed E-state index contributed by atoms with van der Waals surface area (Å²) < 4.78 is 32.8. The number of H-pyrrole nitrogens is 1. The summed E-state index contributed by atoms with van der Waals surface area (Å²) >= 11 is 0. The quantitative estimate of drug-likeness (QED) is 0.826. The summed E-state index contributed by atoms with van der Waals surface area (Å²) in [7, 11) is -3.52. The first-order valence-corrected chi connectivity index (χ1v) is 10.00. The number of hydrogen-bond acceptors (Lipinski definition) is 5. The zero-order valence-electron chi connectivity index (χ0n) is 14.1. The number of nitrogens with one attached hydrogen (secondary N) is 1. The molecule has 1 aromatic carbocycles. The number of benzene rings is 1. The van der Waals surface area contributed by atoms with E-state index in [1.807, 2.05) is 0 Å². The molecular formula is C17H20N4O4S. The molecule has 1 amide bonds. The first kappa shape index (κ1) is 17.0. The summed E-state index contributed by atoms with van der Waals surface area (Å²) in [4.78, 5) is 11.5. The van der Waals surface area contributed by atoms with Crippen LogP contribution in [0.5, 0.6) is 5.75 Å². The zero-order valence-corrected chi connectivity index (χ0v) is 15.0. The number of nitrogens with zero attached hydrogens (tertiary/aromatic N) is 2. The number of ether oxygens (including phenoxy) is 1. The number of aromatic amines is 1. The monoisotopic (exact) mass is 376 g/mol. The Morgan fingerprint density at radius 2 is 2.04 bits per heavy atom. The fraction of sp³-hybridized carbons (Fsp3) is 0.412. The fourth-order valence-corrected chi connectivity index (χ4v) is 5.07. The van der Waals surface area contributed by atoms with Crippen LogP contribution in [-0.2, 0) is 16.4 Å². The van der Waals surface area contributed by atoms with Crippen molar-refractivity contribution in [1.29, 1.82) is 0 Å². The predicted molar refractivity (Wildman–Crippen MR) is 93.5 cm³/mol. The molecule has 2 aromatic rings. The van der Waals surface area contributed by atoms with E-state index in [0.717, 1.165) is 23.4 Å². The number of fused-ring (bicyclic) bond motifs is 1. The molecule has 0 spiro atoms. The Hall–Kier alpha value is -2.39. The number of rotatable bonds is 4. The van der Waals surface area contributed by atoms with Gasteiger partial charge in [0.2, 0.25) is 10.0 Å². The van der Waals surface area contributed by atoms with E-state index in [4.69, 9.17) is 10.5 Å². The summed E-state index contributed by atoms with van der Waals surface area (Å²) in [6.45, 7) is 1.44. The Labute approximate surface area is 151 Å². The maximum atomic E-state index is 12.9. The number of hydrogen-bond donors (Lipinski definition) is 2. The van der Waals surface area contributed by atoms with Crippen molar-refractivity contribution in [2.24, 2.45) is 5.73 Å². The normalized spacial score (nSPS) is 18.5. The number of sulfonamides is 1. The Morgan fingerprint density at radius 3 is 2.73 bits per heavy atom. The minimum absolute atomic E-state index is 0.135. The van der Waals surface area contributed by atoms with E-state index in [1.54, 1.807) is 24.3 Å². The van der Waals surface area contributed by atoms with Gasteiger partial charge < -0.3 is 10.5 Å². The lowest BCUT2D eigenvalue weighted by atomic mass is 9.94. The first-order valence-electron chi connectivity index (χ1n) is 8.56. The summed E-state index contributed by atoms with van der Waals surface area (Å²) in [6, 6.07) is 6.72. The van der Waals surface area contributed by atoms with Gasteiger partial charge in [-0.3, -0.25) is 9.89 Å². The largest absolute Gasteiger partial charge is 0.493 e. The highest BCUT2D eigenvalue weighted by molar-refractivity contribution is 7.89. The van der Waals surface area contributed by atoms with Crippen molar-refractivity contribution >= 4 is 15.9 Å². The summed E-state index contributed by atoms with van der Waals surface area (Å²) in [5.41, 5.74) is 7.19. The van der Waals surface area contributed by atoms with E-state index in [1.165, 1.54) is 4.31 Å². The molecule has 3 N–H and O–H groups in total. The van der Waals surface area contributed by atoms with Gasteiger partial charge in [-0.25, -0.2) is 8.42 Å². The molecule has 9 heteroatoms. The third-order valence-electron chi connectivity index (χ3n) is 5.04. The Balaban J connectivity index is 1.47. The number of nitrogens with two attached hydrogens (primary N) is 1. The van der Waals surface area contributed by atoms with Gasteiger partial charge >= 0.3 is 0 Å². The SMILES string of the molecule is NC(=O)c1cc(C2CCN(S(=O)(=O)c3ccc4c(c3)CCO4)CC2)[nH]n1. The van der Waals surface area contributed by atoms with Gasteiger partial charge in [0, 0.05) is 31.1 Å². The van der Waals surface area contributed by atoms with E-state index in [9.17, 15) is 13.2 Å². The van der Waals surface area contributed by atoms with E-state index >= 15 is 0 Å². The minimum Gasteiger partial charge on any atom is -0.493 e. The molecule has 1 fully saturated rings. The van der Waals surface area contributed by atoms with Gasteiger partial charge in [0.25, 0.3) is 5.91 Å². The smallest absolute Gasteiger partial charge is 0.269 e. The molecule has 1 saturated heterocycles. The van der Waals surface area contributed by atoms with Gasteiger partial charge in [-0.1, -0.05) is 0 Å². The second-order valence-corrected chi connectivity index (χ2v) is 8.56. The molecule has 4 rings (SSSR count). The van der Waals surface area contributed by atoms with Gasteiger partial charge in [-0.2, -0.15) is 9.40 Å². The molecule has 0 saturated carbocycles. The van der Waals surface area contributed by atoms with E-state index in [-0.39, 0.29) is 11.6 Å². The molecule has 2 aliphatic rings. The van der Waals surface area contributed by atoms with Gasteiger partial charge in [-0.05, 0) is 42.7 Å². The van der Waals surface area contributed by atoms with E-state index in [0.29, 0.717) is 37.4 Å². The minimum atomic E-state index is -3.52. The predicted octanol–water partition coefficient (Wildman–Crippen LogP) is 1.01. The summed E-state index contributed by atoms with van der Waals surface area (Å²) in [5.74, 6) is 0.329. The Kier molecular flexibility index (Phi) is 4.20. The number of amides is 1. The van der Waals surface area contributed by atoms with Gasteiger partial charge in [0.15, 0.2) is 0 Å². The summed E-state index contributed by atoms with van der Waals surface area (Å²) in [5, 5.41) is 6.73. The second-order valence-electron chi connectivity index (χ2n) is 6.62. The molecular weight excluding hydrogens is 356 g/mol. The van der Waals surface area contributed by atoms with Crippen molar-refractivity contribution in [2.45, 2.75) is 30.1 Å². The van der Waals surface area contributed by atoms with Gasteiger partial charge in [-0.15, -0.1) is 0 Å². The third-order valence-corrected chi connectivity index (χ3v) is 6.94. The number of piperidine rings is 1. The number of carbonyl (C=O) groups is 1. The van der Waals surface area contributed by atoms with Crippen LogP contribution in [0.1, 0.15) is 40.5 Å². The van der Waals surface area contributed by atoms with Crippen LogP contribution in [0.15, 0.2) is 29.2 Å². The third kappa shape index (κ3) is 2.97. The molecule has 8 nitrogen and oxygen atoms in total. The van der Waals surface area contributed by atoms with Crippen LogP contribution in [-0.4, -0.2) is 48.5 Å². The molecule has 0 atom stereocenters. The highest BCUT2D eigenvalue weighted by Crippen LogP contribution is 2.32. The van der Waals surface area contributed by atoms with Crippen molar-refractivity contribution in [3.8, 4) is 5.75 Å². The van der Waals surface area contributed by atoms with E-state index < -0.39 is 15.9 Å². The molecule has 138 valence electrons. The number of primary amides is 1. The average molecular weight is 376 g/mol. The van der Waals surface area contributed by atoms with Crippen LogP contribution >= 0.6 is 0 Å². The lowest BCUT2D eigenvalue weighted by Crippen LogP contribution is -2.38. The molecule has 1 aromatic heterocycles. The lowest BCUT2D eigenvalue weighted by Gasteiger charge is -2.30. The topological polar surface area (TPSA) is 118 Å². The summed E-state index contributed by atoms with van der Waals surface area (Å²) in [6.07, 6.45) is 2.06. The second kappa shape index (κ2) is 6.40. The first-order chi connectivity index (χ1) is 12.4. The standard InChI is InChI=1S/C17H20N4O4S/c18-17(22)15-10-14(19-20-15)11-3-6-21(7-4-11)26(23,24)13-1-2-16-12(9-13)5-8-25-16/h1-2,9-11H,3-8H2,(H2,18,22)(H,19,20). The molecule has 3 heterocycles. The average Bonchev–Trinajstić information content (AvgIpc) is 3.30. The van der Waals surface area contributed by atoms with Crippen molar-refractivity contribution in [2.75, 3.05) is 19.7 Å². The molecule has 0 unspecified atom stereocenters. The lowest BCUT2D eigenvalue weighted by molar-refractivity contribution is 0.0995. The number of carbonyl (C=O) groups excluding carboxylic acids is 1. The van der Waals surface area contributed by atoms with Crippen LogP contribution in [0.4, 0.5) is 0 Å². The molecule has 0 aliphatic carbocycles. The maximum Gasteiger partial charge on any atom is 0.269 e. The van der Waals surface area contributed by atoms with Crippen LogP contribution in [0.3, 0.4) is 0 Å². The molecule has 2 aliphatic heterocycles. The highest BCUT2D eigenvalue weighted by Gasteiger charge is 2.31. The van der Waals surface area contributed by atoms with Crippen molar-refractivity contribution in [3.05, 3.63) is 41.2 Å². The van der Waals surface area contributed by atoms with Crippen molar-refractivity contribution in [3.63, 3.8) is 0 Å². The zero-order chi connectivity index (χ0) is 18.3.